The minimum Gasteiger partial charge on any atom is -0.396 e. The van der Waals surface area contributed by atoms with Crippen molar-refractivity contribution in [3.8, 4) is 0 Å². The van der Waals surface area contributed by atoms with Crippen LogP contribution in [0.4, 0.5) is 0 Å². The molecule has 1 aliphatic carbocycles. The number of aliphatic hydroxyl groups is 1. The van der Waals surface area contributed by atoms with Crippen molar-refractivity contribution in [2.24, 2.45) is 0 Å². The van der Waals surface area contributed by atoms with Crippen molar-refractivity contribution < 1.29 is 9.90 Å². The highest BCUT2D eigenvalue weighted by Crippen LogP contribution is 2.29. The largest absolute Gasteiger partial charge is 0.396 e. The van der Waals surface area contributed by atoms with Crippen LogP contribution >= 0.6 is 23.4 Å². The Bertz CT molecular complexity index is 477. The van der Waals surface area contributed by atoms with E-state index in [1.165, 1.54) is 6.42 Å². The lowest BCUT2D eigenvalue weighted by atomic mass is 9.90. The molecule has 1 aromatic carbocycles. The van der Waals surface area contributed by atoms with Gasteiger partial charge in [-0.1, -0.05) is 11.6 Å². The molecular formula is C15H20ClNO2S. The van der Waals surface area contributed by atoms with Gasteiger partial charge in [-0.15, -0.1) is 11.8 Å². The zero-order valence-corrected chi connectivity index (χ0v) is 13.2. The van der Waals surface area contributed by atoms with Crippen LogP contribution in [0, 0.1) is 0 Å². The first-order chi connectivity index (χ1) is 9.67. The van der Waals surface area contributed by atoms with Gasteiger partial charge < -0.3 is 10.0 Å². The molecule has 0 heterocycles. The Balaban J connectivity index is 2.21. The van der Waals surface area contributed by atoms with E-state index in [0.717, 1.165) is 17.7 Å². The fourth-order valence-corrected chi connectivity index (χ4v) is 2.98. The Morgan fingerprint density at radius 1 is 1.50 bits per heavy atom. The van der Waals surface area contributed by atoms with Crippen molar-refractivity contribution in [2.45, 2.75) is 36.6 Å². The smallest absolute Gasteiger partial charge is 0.255 e. The van der Waals surface area contributed by atoms with Crippen molar-refractivity contribution in [1.82, 2.24) is 4.90 Å². The third-order valence-electron chi connectivity index (χ3n) is 3.74. The second kappa shape index (κ2) is 7.34. The lowest BCUT2D eigenvalue weighted by Gasteiger charge is -2.37. The molecule has 0 unspecified atom stereocenters. The SMILES string of the molecule is CSc1ccc(Cl)c(C(=O)N(CCCO)C2CCC2)c1. The average Bonchev–Trinajstić information content (AvgIpc) is 2.41. The molecule has 1 amide bonds. The summed E-state index contributed by atoms with van der Waals surface area (Å²) >= 11 is 7.78. The van der Waals surface area contributed by atoms with Gasteiger partial charge in [-0.25, -0.2) is 0 Å². The van der Waals surface area contributed by atoms with Crippen molar-refractivity contribution >= 4 is 29.3 Å². The van der Waals surface area contributed by atoms with Gasteiger partial charge >= 0.3 is 0 Å². The van der Waals surface area contributed by atoms with E-state index >= 15 is 0 Å². The summed E-state index contributed by atoms with van der Waals surface area (Å²) in [6.07, 6.45) is 5.87. The number of thioether (sulfide) groups is 1. The van der Waals surface area contributed by atoms with E-state index < -0.39 is 0 Å². The van der Waals surface area contributed by atoms with Crippen LogP contribution in [-0.2, 0) is 0 Å². The van der Waals surface area contributed by atoms with Gasteiger partial charge in [0.1, 0.15) is 0 Å². The third kappa shape index (κ3) is 3.48. The molecule has 0 radical (unpaired) electrons. The summed E-state index contributed by atoms with van der Waals surface area (Å²) in [5.41, 5.74) is 0.573. The van der Waals surface area contributed by atoms with E-state index in [4.69, 9.17) is 16.7 Å². The molecule has 0 atom stereocenters. The zero-order valence-electron chi connectivity index (χ0n) is 11.6. The minimum atomic E-state index is -0.0101. The maximum atomic E-state index is 12.7. The number of aliphatic hydroxyl groups excluding tert-OH is 1. The third-order valence-corrected chi connectivity index (χ3v) is 4.79. The van der Waals surface area contributed by atoms with Crippen molar-refractivity contribution in [3.05, 3.63) is 28.8 Å². The molecule has 0 aliphatic heterocycles. The first-order valence-electron chi connectivity index (χ1n) is 6.92. The average molecular weight is 314 g/mol. The highest BCUT2D eigenvalue weighted by Gasteiger charge is 2.29. The van der Waals surface area contributed by atoms with Gasteiger partial charge in [0.2, 0.25) is 0 Å². The minimum absolute atomic E-state index is 0.0101. The summed E-state index contributed by atoms with van der Waals surface area (Å²) in [4.78, 5) is 15.6. The molecule has 5 heteroatoms. The number of halogens is 1. The summed E-state index contributed by atoms with van der Waals surface area (Å²) in [7, 11) is 0. The predicted molar refractivity (Wildman–Crippen MR) is 83.6 cm³/mol. The van der Waals surface area contributed by atoms with Gasteiger partial charge in [-0.2, -0.15) is 0 Å². The molecule has 0 bridgehead atoms. The number of carbonyl (C=O) groups excluding carboxylic acids is 1. The Hall–Kier alpha value is -0.710. The Kier molecular flexibility index (Phi) is 5.75. The molecule has 1 N–H and O–H groups in total. The molecule has 2 rings (SSSR count). The standard InChI is InChI=1S/C15H20ClNO2S/c1-20-12-6-7-14(16)13(10-12)15(19)17(8-3-9-18)11-4-2-5-11/h6-7,10-11,18H,2-5,8-9H2,1H3. The van der Waals surface area contributed by atoms with E-state index in [0.29, 0.717) is 29.6 Å². The second-order valence-electron chi connectivity index (χ2n) is 5.01. The number of benzene rings is 1. The molecule has 0 saturated heterocycles. The van der Waals surface area contributed by atoms with Crippen LogP contribution in [0.25, 0.3) is 0 Å². The molecule has 110 valence electrons. The fourth-order valence-electron chi connectivity index (χ4n) is 2.34. The number of amides is 1. The first kappa shape index (κ1) is 15.7. The Morgan fingerprint density at radius 3 is 2.80 bits per heavy atom. The van der Waals surface area contributed by atoms with E-state index in [9.17, 15) is 4.79 Å². The maximum absolute atomic E-state index is 12.7. The van der Waals surface area contributed by atoms with Crippen LogP contribution in [-0.4, -0.2) is 41.4 Å². The van der Waals surface area contributed by atoms with Gasteiger partial charge in [-0.05, 0) is 50.1 Å². The summed E-state index contributed by atoms with van der Waals surface area (Å²) in [6, 6.07) is 5.87. The maximum Gasteiger partial charge on any atom is 0.255 e. The summed E-state index contributed by atoms with van der Waals surface area (Å²) in [5.74, 6) is -0.0101. The molecule has 20 heavy (non-hydrogen) atoms. The molecule has 1 aliphatic rings. The Morgan fingerprint density at radius 2 is 2.25 bits per heavy atom. The summed E-state index contributed by atoms with van der Waals surface area (Å²) < 4.78 is 0. The van der Waals surface area contributed by atoms with Gasteiger partial charge in [0, 0.05) is 24.1 Å². The summed E-state index contributed by atoms with van der Waals surface area (Å²) in [5, 5.41) is 9.51. The van der Waals surface area contributed by atoms with Crippen molar-refractivity contribution in [3.63, 3.8) is 0 Å². The highest BCUT2D eigenvalue weighted by molar-refractivity contribution is 7.98. The fraction of sp³-hybridized carbons (Fsp3) is 0.533. The van der Waals surface area contributed by atoms with Crippen LogP contribution in [0.15, 0.2) is 23.1 Å². The van der Waals surface area contributed by atoms with Crippen molar-refractivity contribution in [1.29, 1.82) is 0 Å². The number of carbonyl (C=O) groups is 1. The van der Waals surface area contributed by atoms with Crippen LogP contribution in [0.2, 0.25) is 5.02 Å². The molecule has 1 saturated carbocycles. The van der Waals surface area contributed by atoms with Crippen LogP contribution in [0.3, 0.4) is 0 Å². The number of nitrogens with zero attached hydrogens (tertiary/aromatic N) is 1. The van der Waals surface area contributed by atoms with E-state index in [1.54, 1.807) is 17.8 Å². The monoisotopic (exact) mass is 313 g/mol. The Labute approximate surface area is 129 Å². The van der Waals surface area contributed by atoms with Gasteiger partial charge in [0.25, 0.3) is 5.91 Å². The van der Waals surface area contributed by atoms with Gasteiger partial charge in [0.05, 0.1) is 10.6 Å². The lowest BCUT2D eigenvalue weighted by Crippen LogP contribution is -2.45. The van der Waals surface area contributed by atoms with Gasteiger partial charge in [0.15, 0.2) is 0 Å². The molecule has 1 fully saturated rings. The zero-order chi connectivity index (χ0) is 14.5. The second-order valence-corrected chi connectivity index (χ2v) is 6.29. The topological polar surface area (TPSA) is 40.5 Å². The van der Waals surface area contributed by atoms with E-state index in [1.807, 2.05) is 23.3 Å². The molecular weight excluding hydrogens is 294 g/mol. The van der Waals surface area contributed by atoms with Crippen molar-refractivity contribution in [2.75, 3.05) is 19.4 Å². The quantitative estimate of drug-likeness (QED) is 0.818. The van der Waals surface area contributed by atoms with E-state index in [-0.39, 0.29) is 12.5 Å². The first-order valence-corrected chi connectivity index (χ1v) is 8.53. The lowest BCUT2D eigenvalue weighted by molar-refractivity contribution is 0.0562. The van der Waals surface area contributed by atoms with Gasteiger partial charge in [-0.3, -0.25) is 4.79 Å². The molecule has 0 aromatic heterocycles. The number of rotatable bonds is 6. The van der Waals surface area contributed by atoms with Crippen LogP contribution < -0.4 is 0 Å². The highest BCUT2D eigenvalue weighted by atomic mass is 35.5. The number of hydrogen-bond acceptors (Lipinski definition) is 3. The normalized spacial score (nSPS) is 14.9. The van der Waals surface area contributed by atoms with Crippen LogP contribution in [0.5, 0.6) is 0 Å². The van der Waals surface area contributed by atoms with Crippen LogP contribution in [0.1, 0.15) is 36.0 Å². The summed E-state index contributed by atoms with van der Waals surface area (Å²) in [6.45, 7) is 0.703. The molecule has 3 nitrogen and oxygen atoms in total. The number of hydrogen-bond donors (Lipinski definition) is 1. The predicted octanol–water partition coefficient (Wildman–Crippen LogP) is 3.44. The molecule has 1 aromatic rings. The van der Waals surface area contributed by atoms with E-state index in [2.05, 4.69) is 0 Å². The molecule has 0 spiro atoms.